The van der Waals surface area contributed by atoms with E-state index in [9.17, 15) is 4.79 Å². The van der Waals surface area contributed by atoms with Gasteiger partial charge >= 0.3 is 0 Å². The number of amides is 1. The van der Waals surface area contributed by atoms with Gasteiger partial charge in [0.15, 0.2) is 0 Å². The van der Waals surface area contributed by atoms with E-state index < -0.39 is 5.91 Å². The van der Waals surface area contributed by atoms with Gasteiger partial charge in [-0.1, -0.05) is 30.3 Å². The first-order chi connectivity index (χ1) is 8.25. The fourth-order valence-electron chi connectivity index (χ4n) is 1.34. The molecule has 0 aliphatic rings. The normalized spacial score (nSPS) is 10.1. The fraction of sp³-hybridized carbons (Fsp3) is 0.0769. The first-order valence-corrected chi connectivity index (χ1v) is 6.17. The van der Waals surface area contributed by atoms with Crippen LogP contribution in [0.4, 0.5) is 0 Å². The van der Waals surface area contributed by atoms with Crippen LogP contribution in [0.2, 0.25) is 0 Å². The molecule has 2 rings (SSSR count). The van der Waals surface area contributed by atoms with Crippen molar-refractivity contribution in [3.8, 4) is 0 Å². The number of pyridine rings is 1. The summed E-state index contributed by atoms with van der Waals surface area (Å²) in [4.78, 5) is 15.0. The van der Waals surface area contributed by atoms with Gasteiger partial charge in [0, 0.05) is 11.9 Å². The molecule has 0 fully saturated rings. The highest BCUT2D eigenvalue weighted by Gasteiger charge is 2.01. The Morgan fingerprint density at radius 1 is 1.18 bits per heavy atom. The third-order valence-electron chi connectivity index (χ3n) is 2.25. The van der Waals surface area contributed by atoms with Crippen LogP contribution in [-0.2, 0) is 5.75 Å². The molecule has 86 valence electrons. The highest BCUT2D eigenvalue weighted by atomic mass is 32.2. The van der Waals surface area contributed by atoms with Crippen molar-refractivity contribution in [2.75, 3.05) is 0 Å². The van der Waals surface area contributed by atoms with E-state index in [-0.39, 0.29) is 0 Å². The van der Waals surface area contributed by atoms with E-state index in [2.05, 4.69) is 17.1 Å². The van der Waals surface area contributed by atoms with E-state index >= 15 is 0 Å². The van der Waals surface area contributed by atoms with Crippen molar-refractivity contribution < 1.29 is 4.79 Å². The van der Waals surface area contributed by atoms with Crippen molar-refractivity contribution in [2.45, 2.75) is 10.8 Å². The van der Waals surface area contributed by atoms with Gasteiger partial charge in [-0.2, -0.15) is 0 Å². The lowest BCUT2D eigenvalue weighted by atomic mass is 10.2. The summed E-state index contributed by atoms with van der Waals surface area (Å²) in [5.74, 6) is 0.418. The average Bonchev–Trinajstić information content (AvgIpc) is 2.38. The van der Waals surface area contributed by atoms with Gasteiger partial charge in [0.2, 0.25) is 5.91 Å². The second-order valence-corrected chi connectivity index (χ2v) is 4.52. The van der Waals surface area contributed by atoms with Gasteiger partial charge < -0.3 is 5.73 Å². The highest BCUT2D eigenvalue weighted by molar-refractivity contribution is 7.98. The molecule has 0 aliphatic heterocycles. The van der Waals surface area contributed by atoms with Crippen LogP contribution < -0.4 is 5.73 Å². The number of nitrogens with zero attached hydrogens (tertiary/aromatic N) is 1. The van der Waals surface area contributed by atoms with Gasteiger partial charge in [0.1, 0.15) is 0 Å². The summed E-state index contributed by atoms with van der Waals surface area (Å²) < 4.78 is 0. The fourth-order valence-corrected chi connectivity index (χ4v) is 2.14. The lowest BCUT2D eigenvalue weighted by Gasteiger charge is -2.01. The Morgan fingerprint density at radius 2 is 1.94 bits per heavy atom. The summed E-state index contributed by atoms with van der Waals surface area (Å²) in [7, 11) is 0. The second-order valence-electron chi connectivity index (χ2n) is 3.52. The maximum Gasteiger partial charge on any atom is 0.250 e. The van der Waals surface area contributed by atoms with Gasteiger partial charge in [-0.3, -0.25) is 4.79 Å². The van der Waals surface area contributed by atoms with Crippen molar-refractivity contribution in [3.63, 3.8) is 0 Å². The number of benzene rings is 1. The molecule has 1 aromatic carbocycles. The van der Waals surface area contributed by atoms with Gasteiger partial charge in [0.05, 0.1) is 10.6 Å². The number of hydrogen-bond donors (Lipinski definition) is 1. The molecule has 0 aliphatic carbocycles. The third kappa shape index (κ3) is 3.32. The third-order valence-corrected chi connectivity index (χ3v) is 3.27. The Balaban J connectivity index is 1.98. The smallest absolute Gasteiger partial charge is 0.250 e. The summed E-state index contributed by atoms with van der Waals surface area (Å²) in [6.45, 7) is 0. The maximum atomic E-state index is 10.9. The molecule has 17 heavy (non-hydrogen) atoms. The van der Waals surface area contributed by atoms with Crippen molar-refractivity contribution in [1.82, 2.24) is 4.98 Å². The predicted molar refractivity (Wildman–Crippen MR) is 68.8 cm³/mol. The lowest BCUT2D eigenvalue weighted by Crippen LogP contribution is -2.10. The van der Waals surface area contributed by atoms with Gasteiger partial charge in [0.25, 0.3) is 0 Å². The van der Waals surface area contributed by atoms with E-state index in [1.165, 1.54) is 11.8 Å². The Labute approximate surface area is 104 Å². The van der Waals surface area contributed by atoms with Crippen LogP contribution in [0.5, 0.6) is 0 Å². The van der Waals surface area contributed by atoms with E-state index in [1.807, 2.05) is 24.3 Å². The molecule has 0 bridgehead atoms. The lowest BCUT2D eigenvalue weighted by molar-refractivity contribution is 0.1000. The monoisotopic (exact) mass is 244 g/mol. The predicted octanol–water partition coefficient (Wildman–Crippen LogP) is 2.47. The van der Waals surface area contributed by atoms with Crippen LogP contribution in [0.3, 0.4) is 0 Å². The van der Waals surface area contributed by atoms with Crippen LogP contribution in [0, 0.1) is 0 Å². The molecule has 2 aromatic rings. The highest BCUT2D eigenvalue weighted by Crippen LogP contribution is 2.20. The number of rotatable bonds is 4. The van der Waals surface area contributed by atoms with Crippen molar-refractivity contribution >= 4 is 17.7 Å². The summed E-state index contributed by atoms with van der Waals surface area (Å²) in [6, 6.07) is 13.7. The SMILES string of the molecule is NC(=O)c1ccc(SCc2ccccc2)nc1. The zero-order valence-electron chi connectivity index (χ0n) is 9.17. The van der Waals surface area contributed by atoms with Crippen LogP contribution >= 0.6 is 11.8 Å². The number of primary amides is 1. The molecule has 1 heterocycles. The first-order valence-electron chi connectivity index (χ1n) is 5.18. The quantitative estimate of drug-likeness (QED) is 0.840. The molecule has 4 heteroatoms. The Kier molecular flexibility index (Phi) is 3.77. The van der Waals surface area contributed by atoms with E-state index in [4.69, 9.17) is 5.73 Å². The van der Waals surface area contributed by atoms with E-state index in [1.54, 1.807) is 17.8 Å². The van der Waals surface area contributed by atoms with Crippen molar-refractivity contribution in [2.24, 2.45) is 5.73 Å². The maximum absolute atomic E-state index is 10.9. The van der Waals surface area contributed by atoms with Crippen LogP contribution in [0.1, 0.15) is 15.9 Å². The standard InChI is InChI=1S/C13H12N2OS/c14-13(16)11-6-7-12(15-8-11)17-9-10-4-2-1-3-5-10/h1-8H,9H2,(H2,14,16). The molecule has 0 radical (unpaired) electrons. The van der Waals surface area contributed by atoms with Crippen molar-refractivity contribution in [1.29, 1.82) is 0 Å². The second kappa shape index (κ2) is 5.50. The molecular formula is C13H12N2OS. The van der Waals surface area contributed by atoms with Gasteiger partial charge in [-0.15, -0.1) is 11.8 Å². The number of nitrogens with two attached hydrogens (primary N) is 1. The molecule has 0 unspecified atom stereocenters. The first kappa shape index (κ1) is 11.7. The summed E-state index contributed by atoms with van der Waals surface area (Å²) in [5.41, 5.74) is 6.83. The molecule has 3 nitrogen and oxygen atoms in total. The summed E-state index contributed by atoms with van der Waals surface area (Å²) in [5, 5.41) is 0.888. The zero-order valence-corrected chi connectivity index (χ0v) is 9.98. The summed E-state index contributed by atoms with van der Waals surface area (Å²) >= 11 is 1.63. The zero-order chi connectivity index (χ0) is 12.1. The molecule has 0 spiro atoms. The Morgan fingerprint density at radius 3 is 2.53 bits per heavy atom. The number of thioether (sulfide) groups is 1. The number of aromatic nitrogens is 1. The van der Waals surface area contributed by atoms with E-state index in [0.29, 0.717) is 5.56 Å². The van der Waals surface area contributed by atoms with Crippen LogP contribution in [0.25, 0.3) is 0 Å². The number of hydrogen-bond acceptors (Lipinski definition) is 3. The van der Waals surface area contributed by atoms with Crippen molar-refractivity contribution in [3.05, 3.63) is 59.8 Å². The summed E-state index contributed by atoms with van der Waals surface area (Å²) in [6.07, 6.45) is 1.51. The largest absolute Gasteiger partial charge is 0.366 e. The molecule has 0 saturated carbocycles. The minimum atomic E-state index is -0.447. The number of carbonyl (C=O) groups excluding carboxylic acids is 1. The molecule has 1 aromatic heterocycles. The molecular weight excluding hydrogens is 232 g/mol. The Bertz CT molecular complexity index is 497. The minimum Gasteiger partial charge on any atom is -0.366 e. The molecule has 1 amide bonds. The van der Waals surface area contributed by atoms with Crippen LogP contribution in [0.15, 0.2) is 53.7 Å². The van der Waals surface area contributed by atoms with E-state index in [0.717, 1.165) is 10.8 Å². The minimum absolute atomic E-state index is 0.439. The molecule has 0 atom stereocenters. The van der Waals surface area contributed by atoms with Crippen LogP contribution in [-0.4, -0.2) is 10.9 Å². The number of carbonyl (C=O) groups is 1. The molecule has 0 saturated heterocycles. The van der Waals surface area contributed by atoms with Gasteiger partial charge in [-0.25, -0.2) is 4.98 Å². The van der Waals surface area contributed by atoms with Gasteiger partial charge in [-0.05, 0) is 17.7 Å². The topological polar surface area (TPSA) is 56.0 Å². The average molecular weight is 244 g/mol. The molecule has 2 N–H and O–H groups in total. The Hall–Kier alpha value is -1.81.